The fourth-order valence-electron chi connectivity index (χ4n) is 3.60. The maximum Gasteiger partial charge on any atom is 0.275 e. The summed E-state index contributed by atoms with van der Waals surface area (Å²) in [6.45, 7) is 2.17. The quantitative estimate of drug-likeness (QED) is 0.380. The van der Waals surface area contributed by atoms with Crippen LogP contribution < -0.4 is 10.1 Å². The van der Waals surface area contributed by atoms with Crippen LogP contribution in [0.1, 0.15) is 34.8 Å². The molecule has 0 aliphatic heterocycles. The van der Waals surface area contributed by atoms with Gasteiger partial charge >= 0.3 is 0 Å². The Morgan fingerprint density at radius 3 is 2.57 bits per heavy atom. The normalized spacial score (nSPS) is 11.5. The van der Waals surface area contributed by atoms with Gasteiger partial charge in [-0.05, 0) is 49.4 Å². The van der Waals surface area contributed by atoms with Crippen molar-refractivity contribution in [3.63, 3.8) is 0 Å². The summed E-state index contributed by atoms with van der Waals surface area (Å²) in [6.07, 6.45) is 5.68. The molecule has 2 aromatic heterocycles. The van der Waals surface area contributed by atoms with Crippen molar-refractivity contribution in [2.24, 2.45) is 0 Å². The lowest BCUT2D eigenvalue weighted by Crippen LogP contribution is -2.41. The van der Waals surface area contributed by atoms with Gasteiger partial charge in [-0.2, -0.15) is 0 Å². The van der Waals surface area contributed by atoms with Crippen molar-refractivity contribution in [3.05, 3.63) is 108 Å². The van der Waals surface area contributed by atoms with Crippen LogP contribution in [0.4, 0.5) is 10.1 Å². The van der Waals surface area contributed by atoms with Crippen LogP contribution in [0.2, 0.25) is 0 Å². The second-order valence-corrected chi connectivity index (χ2v) is 7.47. The lowest BCUT2D eigenvalue weighted by molar-refractivity contribution is -0.121. The van der Waals surface area contributed by atoms with Crippen LogP contribution in [0.15, 0.2) is 89.9 Å². The van der Waals surface area contributed by atoms with Crippen LogP contribution in [-0.2, 0) is 11.3 Å². The number of anilines is 1. The smallest absolute Gasteiger partial charge is 0.275 e. The van der Waals surface area contributed by atoms with E-state index in [1.54, 1.807) is 36.4 Å². The second kappa shape index (κ2) is 11.1. The number of furan rings is 1. The summed E-state index contributed by atoms with van der Waals surface area (Å²) in [5, 5.41) is 2.78. The minimum atomic E-state index is -1.14. The van der Waals surface area contributed by atoms with Gasteiger partial charge in [-0.25, -0.2) is 9.37 Å². The monoisotopic (exact) mass is 474 g/mol. The Balaban J connectivity index is 1.81. The number of aromatic nitrogens is 2. The maximum atomic E-state index is 13.7. The van der Waals surface area contributed by atoms with E-state index < -0.39 is 23.7 Å². The molecule has 1 unspecified atom stereocenters. The van der Waals surface area contributed by atoms with Gasteiger partial charge < -0.3 is 19.4 Å². The first-order chi connectivity index (χ1) is 17.1. The zero-order valence-corrected chi connectivity index (χ0v) is 18.9. The average Bonchev–Trinajstić information content (AvgIpc) is 3.40. The number of nitrogens with zero attached hydrogens (tertiary/aromatic N) is 3. The molecular weight excluding hydrogens is 451 g/mol. The fraction of sp³-hybridized carbons (Fsp3) is 0.154. The molecule has 0 saturated heterocycles. The van der Waals surface area contributed by atoms with Gasteiger partial charge in [0.2, 0.25) is 0 Å². The minimum absolute atomic E-state index is 0.0234. The molecule has 1 N–H and O–H groups in total. The molecule has 0 saturated carbocycles. The van der Waals surface area contributed by atoms with E-state index in [-0.39, 0.29) is 12.2 Å². The number of hydrogen-bond acceptors (Lipinski definition) is 6. The van der Waals surface area contributed by atoms with Crippen LogP contribution in [-0.4, -0.2) is 33.3 Å². The highest BCUT2D eigenvalue weighted by molar-refractivity contribution is 6.01. The van der Waals surface area contributed by atoms with E-state index in [1.807, 2.05) is 6.92 Å². The summed E-state index contributed by atoms with van der Waals surface area (Å²) in [7, 11) is 0. The van der Waals surface area contributed by atoms with Gasteiger partial charge in [0.15, 0.2) is 0 Å². The fourth-order valence-corrected chi connectivity index (χ4v) is 3.60. The summed E-state index contributed by atoms with van der Waals surface area (Å²) in [4.78, 5) is 36.9. The SMILES string of the molecule is CCOc1ccccc1C(C(=O)Nc1ccc(F)cc1)N(Cc1ccco1)C(=O)c1cnccn1. The molecule has 178 valence electrons. The predicted molar refractivity (Wildman–Crippen MR) is 126 cm³/mol. The lowest BCUT2D eigenvalue weighted by atomic mass is 10.0. The van der Waals surface area contributed by atoms with E-state index >= 15 is 0 Å². The number of para-hydroxylation sites is 1. The number of nitrogens with one attached hydrogen (secondary N) is 1. The molecule has 2 aromatic carbocycles. The first-order valence-corrected chi connectivity index (χ1v) is 10.9. The second-order valence-electron chi connectivity index (χ2n) is 7.47. The third-order valence-corrected chi connectivity index (χ3v) is 5.13. The van der Waals surface area contributed by atoms with Gasteiger partial charge in [-0.3, -0.25) is 14.6 Å². The number of rotatable bonds is 9. The number of hydrogen-bond donors (Lipinski definition) is 1. The molecule has 1 atom stereocenters. The Morgan fingerprint density at radius 2 is 1.89 bits per heavy atom. The van der Waals surface area contributed by atoms with Crippen molar-refractivity contribution in [2.75, 3.05) is 11.9 Å². The number of halogens is 1. The molecule has 0 aliphatic rings. The number of ether oxygens (including phenoxy) is 1. The first-order valence-electron chi connectivity index (χ1n) is 10.9. The topological polar surface area (TPSA) is 97.6 Å². The van der Waals surface area contributed by atoms with Crippen LogP contribution in [0.3, 0.4) is 0 Å². The number of carbonyl (C=O) groups is 2. The molecule has 4 rings (SSSR count). The van der Waals surface area contributed by atoms with E-state index in [0.717, 1.165) is 0 Å². The van der Waals surface area contributed by atoms with Crippen molar-refractivity contribution in [1.82, 2.24) is 14.9 Å². The van der Waals surface area contributed by atoms with Crippen molar-refractivity contribution in [2.45, 2.75) is 19.5 Å². The number of amides is 2. The van der Waals surface area contributed by atoms with E-state index in [4.69, 9.17) is 9.15 Å². The van der Waals surface area contributed by atoms with E-state index in [0.29, 0.717) is 29.4 Å². The van der Waals surface area contributed by atoms with Crippen molar-refractivity contribution in [1.29, 1.82) is 0 Å². The largest absolute Gasteiger partial charge is 0.494 e. The average molecular weight is 474 g/mol. The molecule has 0 aliphatic carbocycles. The molecule has 0 bridgehead atoms. The molecule has 4 aromatic rings. The van der Waals surface area contributed by atoms with Crippen molar-refractivity contribution >= 4 is 17.5 Å². The molecular formula is C26H23FN4O4. The van der Waals surface area contributed by atoms with Gasteiger partial charge in [-0.15, -0.1) is 0 Å². The van der Waals surface area contributed by atoms with Gasteiger partial charge in [-0.1, -0.05) is 18.2 Å². The molecule has 0 spiro atoms. The highest BCUT2D eigenvalue weighted by Crippen LogP contribution is 2.33. The number of carbonyl (C=O) groups excluding carboxylic acids is 2. The van der Waals surface area contributed by atoms with E-state index in [9.17, 15) is 14.0 Å². The summed E-state index contributed by atoms with van der Waals surface area (Å²) in [5.74, 6) is -0.563. The Hall–Kier alpha value is -4.53. The standard InChI is InChI=1S/C26H23FN4O4/c1-2-34-23-8-4-3-7-21(23)24(25(32)30-19-11-9-18(27)10-12-19)31(17-20-6-5-15-35-20)26(33)22-16-28-13-14-29-22/h3-16,24H,2,17H2,1H3,(H,30,32). The molecule has 0 fully saturated rings. The van der Waals surface area contributed by atoms with E-state index in [1.165, 1.54) is 54.0 Å². The molecule has 2 amide bonds. The first kappa shape index (κ1) is 23.6. The van der Waals surface area contributed by atoms with Crippen molar-refractivity contribution < 1.29 is 23.1 Å². The zero-order valence-electron chi connectivity index (χ0n) is 18.9. The van der Waals surface area contributed by atoms with Gasteiger partial charge in [0.05, 0.1) is 25.6 Å². The summed E-state index contributed by atoms with van der Waals surface area (Å²) in [5.41, 5.74) is 0.908. The third-order valence-electron chi connectivity index (χ3n) is 5.13. The van der Waals surface area contributed by atoms with Crippen LogP contribution >= 0.6 is 0 Å². The van der Waals surface area contributed by atoms with Gasteiger partial charge in [0, 0.05) is 23.6 Å². The van der Waals surface area contributed by atoms with E-state index in [2.05, 4.69) is 15.3 Å². The predicted octanol–water partition coefficient (Wildman–Crippen LogP) is 4.63. The molecule has 8 nitrogen and oxygen atoms in total. The molecule has 35 heavy (non-hydrogen) atoms. The van der Waals surface area contributed by atoms with Crippen LogP contribution in [0.5, 0.6) is 5.75 Å². The Labute approximate surface area is 201 Å². The number of benzene rings is 2. The van der Waals surface area contributed by atoms with Gasteiger partial charge in [0.1, 0.15) is 29.1 Å². The van der Waals surface area contributed by atoms with Crippen molar-refractivity contribution in [3.8, 4) is 5.75 Å². The molecule has 2 heterocycles. The highest BCUT2D eigenvalue weighted by Gasteiger charge is 2.35. The molecule has 0 radical (unpaired) electrons. The summed E-state index contributed by atoms with van der Waals surface area (Å²) >= 11 is 0. The minimum Gasteiger partial charge on any atom is -0.494 e. The van der Waals surface area contributed by atoms with Crippen LogP contribution in [0, 0.1) is 5.82 Å². The molecule has 9 heteroatoms. The zero-order chi connectivity index (χ0) is 24.6. The van der Waals surface area contributed by atoms with Gasteiger partial charge in [0.25, 0.3) is 11.8 Å². The Kier molecular flexibility index (Phi) is 7.47. The lowest BCUT2D eigenvalue weighted by Gasteiger charge is -2.31. The Morgan fingerprint density at radius 1 is 1.09 bits per heavy atom. The summed E-state index contributed by atoms with van der Waals surface area (Å²) < 4.78 is 24.7. The third kappa shape index (κ3) is 5.70. The summed E-state index contributed by atoms with van der Waals surface area (Å²) in [6, 6.07) is 14.6. The van der Waals surface area contributed by atoms with Crippen LogP contribution in [0.25, 0.3) is 0 Å². The highest BCUT2D eigenvalue weighted by atomic mass is 19.1. The Bertz CT molecular complexity index is 1260. The maximum absolute atomic E-state index is 13.7.